The Morgan fingerprint density at radius 2 is 1.72 bits per heavy atom. The Balaban J connectivity index is 1.20. The summed E-state index contributed by atoms with van der Waals surface area (Å²) in [7, 11) is 0. The summed E-state index contributed by atoms with van der Waals surface area (Å²) in [6.07, 6.45) is 5.03. The van der Waals surface area contributed by atoms with Gasteiger partial charge in [0.1, 0.15) is 6.04 Å². The predicted molar refractivity (Wildman–Crippen MR) is 140 cm³/mol. The monoisotopic (exact) mass is 488 g/mol. The lowest BCUT2D eigenvalue weighted by molar-refractivity contribution is -0.122. The molecule has 2 aromatic carbocycles. The third-order valence-corrected chi connectivity index (χ3v) is 7.86. The number of nitrogens with zero attached hydrogens (tertiary/aromatic N) is 3. The average molecular weight is 489 g/mol. The molecule has 1 atom stereocenters. The van der Waals surface area contributed by atoms with Gasteiger partial charge in [-0.3, -0.25) is 14.4 Å². The van der Waals surface area contributed by atoms with Crippen LogP contribution in [0, 0.1) is 5.92 Å². The van der Waals surface area contributed by atoms with Gasteiger partial charge < -0.3 is 20.0 Å². The van der Waals surface area contributed by atoms with E-state index in [-0.39, 0.29) is 17.7 Å². The standard InChI is InChI=1S/C29H36N4O3/c1-21-13-18-31(19-14-21)16-5-15-30-27(34)23-11-9-22(10-12-23)20-33-25-7-3-2-6-24(25)28(35)32-17-4-8-26(32)29(33)36/h2-3,6-7,9-12,21,26H,4-5,8,13-20H2,1H3,(H,30,34)/t26-/m1/s1. The molecule has 3 aliphatic heterocycles. The summed E-state index contributed by atoms with van der Waals surface area (Å²) in [6.45, 7) is 7.32. The highest BCUT2D eigenvalue weighted by Gasteiger charge is 2.41. The van der Waals surface area contributed by atoms with E-state index in [0.717, 1.165) is 44.0 Å². The molecule has 7 heteroatoms. The molecule has 2 aromatic rings. The van der Waals surface area contributed by atoms with E-state index in [9.17, 15) is 14.4 Å². The number of para-hydroxylation sites is 1. The van der Waals surface area contributed by atoms with E-state index in [1.54, 1.807) is 15.9 Å². The van der Waals surface area contributed by atoms with Crippen molar-refractivity contribution in [3.05, 3.63) is 65.2 Å². The van der Waals surface area contributed by atoms with Crippen molar-refractivity contribution in [1.29, 1.82) is 0 Å². The van der Waals surface area contributed by atoms with Gasteiger partial charge in [-0.2, -0.15) is 0 Å². The third-order valence-electron chi connectivity index (χ3n) is 7.86. The molecule has 0 spiro atoms. The maximum atomic E-state index is 13.5. The Bertz CT molecular complexity index is 1110. The minimum atomic E-state index is -0.400. The van der Waals surface area contributed by atoms with E-state index in [4.69, 9.17) is 0 Å². The van der Waals surface area contributed by atoms with Crippen molar-refractivity contribution in [2.24, 2.45) is 5.92 Å². The SMILES string of the molecule is CC1CCN(CCCNC(=O)c2ccc(CN3C(=O)[C@H]4CCCN4C(=O)c4ccccc43)cc2)CC1. The number of fused-ring (bicyclic) bond motifs is 2. The number of nitrogens with one attached hydrogen (secondary N) is 1. The second kappa shape index (κ2) is 10.8. The smallest absolute Gasteiger partial charge is 0.256 e. The van der Waals surface area contributed by atoms with Crippen LogP contribution in [0.15, 0.2) is 48.5 Å². The van der Waals surface area contributed by atoms with Gasteiger partial charge in [-0.25, -0.2) is 0 Å². The normalized spacial score (nSPS) is 20.8. The minimum Gasteiger partial charge on any atom is -0.352 e. The van der Waals surface area contributed by atoms with Gasteiger partial charge in [0.05, 0.1) is 17.8 Å². The van der Waals surface area contributed by atoms with Crippen LogP contribution in [0.25, 0.3) is 0 Å². The Hall–Kier alpha value is -3.19. The number of rotatable bonds is 7. The highest BCUT2D eigenvalue weighted by molar-refractivity contribution is 6.11. The Morgan fingerprint density at radius 1 is 0.972 bits per heavy atom. The molecule has 5 rings (SSSR count). The van der Waals surface area contributed by atoms with Crippen LogP contribution in [0.1, 0.15) is 65.3 Å². The Morgan fingerprint density at radius 3 is 2.50 bits per heavy atom. The van der Waals surface area contributed by atoms with Crippen LogP contribution in [0.3, 0.4) is 0 Å². The zero-order valence-electron chi connectivity index (χ0n) is 21.1. The molecule has 36 heavy (non-hydrogen) atoms. The Labute approximate surface area is 213 Å². The number of anilines is 1. The van der Waals surface area contributed by atoms with Gasteiger partial charge in [0.25, 0.3) is 11.8 Å². The molecular formula is C29H36N4O3. The molecule has 3 heterocycles. The van der Waals surface area contributed by atoms with Crippen molar-refractivity contribution in [2.45, 2.75) is 51.6 Å². The largest absolute Gasteiger partial charge is 0.352 e. The van der Waals surface area contributed by atoms with Crippen molar-refractivity contribution in [2.75, 3.05) is 37.6 Å². The maximum absolute atomic E-state index is 13.5. The molecule has 3 aliphatic rings. The molecule has 1 N–H and O–H groups in total. The van der Waals surface area contributed by atoms with E-state index in [1.807, 2.05) is 42.5 Å². The molecule has 2 saturated heterocycles. The number of piperidine rings is 1. The molecule has 0 aliphatic carbocycles. The topological polar surface area (TPSA) is 73.0 Å². The molecular weight excluding hydrogens is 452 g/mol. The minimum absolute atomic E-state index is 0.0317. The zero-order chi connectivity index (χ0) is 25.1. The van der Waals surface area contributed by atoms with Crippen LogP contribution in [0.2, 0.25) is 0 Å². The van der Waals surface area contributed by atoms with Gasteiger partial charge in [0.15, 0.2) is 0 Å². The molecule has 3 amide bonds. The molecule has 0 aromatic heterocycles. The number of likely N-dealkylation sites (tertiary alicyclic amines) is 1. The summed E-state index contributed by atoms with van der Waals surface area (Å²) < 4.78 is 0. The number of benzene rings is 2. The first-order valence-electron chi connectivity index (χ1n) is 13.3. The zero-order valence-corrected chi connectivity index (χ0v) is 21.1. The lowest BCUT2D eigenvalue weighted by atomic mass is 9.99. The van der Waals surface area contributed by atoms with Gasteiger partial charge in [-0.05, 0) is 87.5 Å². The van der Waals surface area contributed by atoms with E-state index in [0.29, 0.717) is 42.9 Å². The van der Waals surface area contributed by atoms with Gasteiger partial charge in [-0.15, -0.1) is 0 Å². The third kappa shape index (κ3) is 5.16. The lowest BCUT2D eigenvalue weighted by Gasteiger charge is -2.30. The maximum Gasteiger partial charge on any atom is 0.256 e. The second-order valence-electron chi connectivity index (χ2n) is 10.4. The number of amides is 3. The highest BCUT2D eigenvalue weighted by atomic mass is 16.2. The van der Waals surface area contributed by atoms with Crippen molar-refractivity contribution in [3.63, 3.8) is 0 Å². The Kier molecular flexibility index (Phi) is 7.37. The number of hydrogen-bond donors (Lipinski definition) is 1. The molecule has 0 unspecified atom stereocenters. The van der Waals surface area contributed by atoms with Crippen molar-refractivity contribution < 1.29 is 14.4 Å². The van der Waals surface area contributed by atoms with E-state index >= 15 is 0 Å². The van der Waals surface area contributed by atoms with Gasteiger partial charge >= 0.3 is 0 Å². The summed E-state index contributed by atoms with van der Waals surface area (Å²) in [6, 6.07) is 14.4. The fourth-order valence-electron chi connectivity index (χ4n) is 5.61. The van der Waals surface area contributed by atoms with Gasteiger partial charge in [-0.1, -0.05) is 31.2 Å². The number of carbonyl (C=O) groups excluding carboxylic acids is 3. The fourth-order valence-corrected chi connectivity index (χ4v) is 5.61. The van der Waals surface area contributed by atoms with Crippen LogP contribution in [-0.2, 0) is 11.3 Å². The van der Waals surface area contributed by atoms with E-state index < -0.39 is 6.04 Å². The molecule has 2 fully saturated rings. The van der Waals surface area contributed by atoms with Crippen LogP contribution in [0.4, 0.5) is 5.69 Å². The quantitative estimate of drug-likeness (QED) is 0.604. The molecule has 0 radical (unpaired) electrons. The molecule has 0 saturated carbocycles. The second-order valence-corrected chi connectivity index (χ2v) is 10.4. The van der Waals surface area contributed by atoms with E-state index in [2.05, 4.69) is 17.1 Å². The summed E-state index contributed by atoms with van der Waals surface area (Å²) in [5, 5.41) is 3.03. The van der Waals surface area contributed by atoms with Crippen LogP contribution < -0.4 is 10.2 Å². The van der Waals surface area contributed by atoms with Crippen LogP contribution in [0.5, 0.6) is 0 Å². The number of carbonyl (C=O) groups is 3. The van der Waals surface area contributed by atoms with Crippen molar-refractivity contribution in [3.8, 4) is 0 Å². The first kappa shape index (κ1) is 24.5. The van der Waals surface area contributed by atoms with Crippen molar-refractivity contribution in [1.82, 2.24) is 15.1 Å². The molecule has 0 bridgehead atoms. The summed E-state index contributed by atoms with van der Waals surface area (Å²) >= 11 is 0. The van der Waals surface area contributed by atoms with Crippen molar-refractivity contribution >= 4 is 23.4 Å². The first-order chi connectivity index (χ1) is 17.5. The van der Waals surface area contributed by atoms with E-state index in [1.165, 1.54) is 12.8 Å². The predicted octanol–water partition coefficient (Wildman–Crippen LogP) is 3.69. The van der Waals surface area contributed by atoms with Gasteiger partial charge in [0, 0.05) is 18.7 Å². The summed E-state index contributed by atoms with van der Waals surface area (Å²) in [4.78, 5) is 45.1. The van der Waals surface area contributed by atoms with Crippen LogP contribution in [-0.4, -0.2) is 66.3 Å². The molecule has 190 valence electrons. The lowest BCUT2D eigenvalue weighted by Crippen LogP contribution is -2.44. The average Bonchev–Trinajstić information content (AvgIpc) is 3.38. The summed E-state index contributed by atoms with van der Waals surface area (Å²) in [5.74, 6) is 0.662. The first-order valence-corrected chi connectivity index (χ1v) is 13.3. The highest BCUT2D eigenvalue weighted by Crippen LogP contribution is 2.33. The summed E-state index contributed by atoms with van der Waals surface area (Å²) in [5.41, 5.74) is 2.77. The fraction of sp³-hybridized carbons (Fsp3) is 0.483. The van der Waals surface area contributed by atoms with Gasteiger partial charge in [0.2, 0.25) is 5.91 Å². The number of hydrogen-bond acceptors (Lipinski definition) is 4. The molecule has 7 nitrogen and oxygen atoms in total. The van der Waals surface area contributed by atoms with Crippen LogP contribution >= 0.6 is 0 Å².